The van der Waals surface area contributed by atoms with Gasteiger partial charge in [0, 0.05) is 58.4 Å². The van der Waals surface area contributed by atoms with Crippen LogP contribution in [-0.2, 0) is 14.3 Å². The number of amides is 3. The van der Waals surface area contributed by atoms with Crippen molar-refractivity contribution in [3.63, 3.8) is 0 Å². The van der Waals surface area contributed by atoms with Gasteiger partial charge >= 0.3 is 6.61 Å². The summed E-state index contributed by atoms with van der Waals surface area (Å²) < 4.78 is 36.3. The summed E-state index contributed by atoms with van der Waals surface area (Å²) in [7, 11) is 0. The molecule has 2 aromatic carbocycles. The maximum atomic E-state index is 13.2. The van der Waals surface area contributed by atoms with Crippen LogP contribution in [0.5, 0.6) is 0 Å². The highest BCUT2D eigenvalue weighted by Gasteiger charge is 2.41. The van der Waals surface area contributed by atoms with Crippen LogP contribution in [0.2, 0.25) is 5.02 Å². The van der Waals surface area contributed by atoms with Gasteiger partial charge in [0.1, 0.15) is 17.2 Å². The van der Waals surface area contributed by atoms with Crippen molar-refractivity contribution in [2.45, 2.75) is 31.2 Å². The molecular formula is C29H26ClF2N5O5. The molecule has 0 spiro atoms. The Morgan fingerprint density at radius 3 is 2.71 bits per heavy atom. The number of rotatable bonds is 8. The Hall–Kier alpha value is -4.29. The quantitative estimate of drug-likeness (QED) is 0.366. The lowest BCUT2D eigenvalue weighted by atomic mass is 10.0. The predicted octanol–water partition coefficient (Wildman–Crippen LogP) is 3.36. The summed E-state index contributed by atoms with van der Waals surface area (Å²) in [5.41, 5.74) is 2.25. The zero-order valence-corrected chi connectivity index (χ0v) is 22.8. The molecule has 0 bridgehead atoms. The van der Waals surface area contributed by atoms with Crippen LogP contribution < -0.4 is 16.0 Å². The first-order chi connectivity index (χ1) is 20.2. The van der Waals surface area contributed by atoms with E-state index in [1.807, 2.05) is 12.2 Å². The Balaban J connectivity index is 1.10. The molecule has 42 heavy (non-hydrogen) atoms. The third kappa shape index (κ3) is 5.72. The first kappa shape index (κ1) is 27.9. The zero-order chi connectivity index (χ0) is 29.4. The van der Waals surface area contributed by atoms with E-state index in [9.17, 15) is 23.2 Å². The lowest BCUT2D eigenvalue weighted by molar-refractivity contribution is -0.160. The lowest BCUT2D eigenvalue weighted by Crippen LogP contribution is -2.49. The number of ether oxygens (including phenoxy) is 1. The van der Waals surface area contributed by atoms with Gasteiger partial charge in [0.05, 0.1) is 25.2 Å². The van der Waals surface area contributed by atoms with Crippen LogP contribution in [0, 0.1) is 5.92 Å². The first-order valence-corrected chi connectivity index (χ1v) is 13.7. The minimum Gasteiger partial charge on any atom is -0.456 e. The minimum absolute atomic E-state index is 0.0529. The number of hydrogen-bond acceptors (Lipinski definition) is 7. The van der Waals surface area contributed by atoms with Crippen LogP contribution >= 0.6 is 11.6 Å². The van der Waals surface area contributed by atoms with E-state index in [1.165, 1.54) is 4.90 Å². The molecule has 4 heterocycles. The maximum Gasteiger partial charge on any atom is 0.345 e. The van der Waals surface area contributed by atoms with Gasteiger partial charge in [-0.3, -0.25) is 19.4 Å². The van der Waals surface area contributed by atoms with Crippen LogP contribution in [0.3, 0.4) is 0 Å². The predicted molar refractivity (Wildman–Crippen MR) is 151 cm³/mol. The Morgan fingerprint density at radius 1 is 1.14 bits per heavy atom. The molecule has 10 nitrogen and oxygen atoms in total. The number of likely N-dealkylation sites (tertiary alicyclic amines) is 1. The Kier molecular flexibility index (Phi) is 7.65. The van der Waals surface area contributed by atoms with Crippen LogP contribution in [-0.4, -0.2) is 73.3 Å². The highest BCUT2D eigenvalue weighted by molar-refractivity contribution is 6.31. The number of aliphatic imine (C=N–C) groups is 1. The van der Waals surface area contributed by atoms with Gasteiger partial charge in [-0.15, -0.1) is 0 Å². The number of halogens is 3. The van der Waals surface area contributed by atoms with E-state index in [4.69, 9.17) is 16.0 Å². The van der Waals surface area contributed by atoms with Crippen LogP contribution in [0.15, 0.2) is 69.9 Å². The van der Waals surface area contributed by atoms with Gasteiger partial charge in [-0.2, -0.15) is 8.78 Å². The van der Waals surface area contributed by atoms with E-state index in [2.05, 4.69) is 25.7 Å². The molecule has 3 amide bonds. The molecule has 1 aromatic heterocycles. The highest BCUT2D eigenvalue weighted by Crippen LogP contribution is 2.31. The van der Waals surface area contributed by atoms with E-state index in [1.54, 1.807) is 48.8 Å². The summed E-state index contributed by atoms with van der Waals surface area (Å²) in [4.78, 5) is 44.5. The molecule has 1 fully saturated rings. The number of nitrogens with one attached hydrogen (secondary N) is 3. The van der Waals surface area contributed by atoms with Crippen molar-refractivity contribution in [1.29, 1.82) is 0 Å². The molecule has 0 saturated carbocycles. The van der Waals surface area contributed by atoms with E-state index >= 15 is 0 Å². The number of alkyl halides is 2. The summed E-state index contributed by atoms with van der Waals surface area (Å²) in [6.45, 7) is -3.54. The van der Waals surface area contributed by atoms with E-state index in [-0.39, 0.29) is 37.0 Å². The smallest absolute Gasteiger partial charge is 0.345 e. The second-order valence-corrected chi connectivity index (χ2v) is 10.7. The van der Waals surface area contributed by atoms with Gasteiger partial charge in [0.25, 0.3) is 5.91 Å². The maximum absolute atomic E-state index is 13.2. The van der Waals surface area contributed by atoms with Crippen LogP contribution in [0.25, 0.3) is 21.9 Å². The Labute approximate surface area is 243 Å². The lowest BCUT2D eigenvalue weighted by Gasteiger charge is -2.24. The molecule has 3 N–H and O–H groups in total. The summed E-state index contributed by atoms with van der Waals surface area (Å²) >= 11 is 6.12. The van der Waals surface area contributed by atoms with E-state index in [0.29, 0.717) is 21.6 Å². The van der Waals surface area contributed by atoms with Crippen molar-refractivity contribution in [1.82, 2.24) is 20.9 Å². The van der Waals surface area contributed by atoms with Crippen molar-refractivity contribution in [2.24, 2.45) is 10.9 Å². The van der Waals surface area contributed by atoms with E-state index < -0.39 is 43.0 Å². The van der Waals surface area contributed by atoms with Gasteiger partial charge in [0.15, 0.2) is 0 Å². The minimum atomic E-state index is -3.05. The molecule has 3 aromatic rings. The number of furan rings is 1. The number of carbonyl (C=O) groups is 3. The topological polar surface area (TPSA) is 125 Å². The molecule has 13 heteroatoms. The average Bonchev–Trinajstić information content (AvgIpc) is 3.68. The van der Waals surface area contributed by atoms with Gasteiger partial charge in [-0.05, 0) is 42.5 Å². The summed E-state index contributed by atoms with van der Waals surface area (Å²) in [6, 6.07) is 9.05. The summed E-state index contributed by atoms with van der Waals surface area (Å²) in [5, 5.41) is 10.6. The average molecular weight is 598 g/mol. The number of fused-ring (bicyclic) bond motifs is 4. The summed E-state index contributed by atoms with van der Waals surface area (Å²) in [5.74, 6) is -1.56. The van der Waals surface area contributed by atoms with Crippen molar-refractivity contribution in [3.05, 3.63) is 71.0 Å². The SMILES string of the molecule is O=C(NCC(=O)N1C[C@H](OC(F)F)C[C@H]1C(=O)NCC1=CC2C=NC=CC2N1)c1ccc2oc3ccc(Cl)cc3c2c1. The second-order valence-electron chi connectivity index (χ2n) is 10.2. The normalized spacial score (nSPS) is 22.9. The van der Waals surface area contributed by atoms with Gasteiger partial charge in [0.2, 0.25) is 11.8 Å². The van der Waals surface area contributed by atoms with Crippen molar-refractivity contribution in [3.8, 4) is 0 Å². The molecule has 6 rings (SSSR count). The standard InChI is InChI=1S/C29H26ClF2N5O5/c30-17-2-4-25-21(9-17)20-8-15(1-3-24(20)42-25)27(39)35-13-26(38)37-14-19(41-29(31)32)10-23(37)28(40)34-12-18-7-16-11-33-6-5-22(16)36-18/h1-9,11,16,19,22-23,29,36H,10,12-14H2,(H,34,40)(H,35,39)/t16?,19-,22?,23+/m1/s1. The Morgan fingerprint density at radius 2 is 1.93 bits per heavy atom. The molecule has 0 radical (unpaired) electrons. The van der Waals surface area contributed by atoms with Gasteiger partial charge < -0.3 is 30.0 Å². The monoisotopic (exact) mass is 597 g/mol. The third-order valence-electron chi connectivity index (χ3n) is 7.53. The fourth-order valence-corrected chi connectivity index (χ4v) is 5.70. The number of benzene rings is 2. The van der Waals surface area contributed by atoms with Crippen LogP contribution in [0.4, 0.5) is 8.78 Å². The number of carbonyl (C=O) groups excluding carboxylic acids is 3. The number of nitrogens with zero attached hydrogens (tertiary/aromatic N) is 2. The fourth-order valence-electron chi connectivity index (χ4n) is 5.52. The van der Waals surface area contributed by atoms with Crippen LogP contribution in [0.1, 0.15) is 16.8 Å². The van der Waals surface area contributed by atoms with Gasteiger partial charge in [-0.25, -0.2) is 0 Å². The molecule has 2 unspecified atom stereocenters. The molecule has 1 saturated heterocycles. The highest BCUT2D eigenvalue weighted by atomic mass is 35.5. The fraction of sp³-hybridized carbons (Fsp3) is 0.310. The Bertz CT molecular complexity index is 1650. The number of hydrogen-bond donors (Lipinski definition) is 3. The molecule has 3 aliphatic rings. The van der Waals surface area contributed by atoms with Crippen molar-refractivity contribution < 1.29 is 32.3 Å². The second kappa shape index (κ2) is 11.5. The molecular weight excluding hydrogens is 572 g/mol. The molecule has 0 aliphatic carbocycles. The first-order valence-electron chi connectivity index (χ1n) is 13.3. The van der Waals surface area contributed by atoms with Crippen molar-refractivity contribution in [2.75, 3.05) is 19.6 Å². The molecule has 218 valence electrons. The zero-order valence-electron chi connectivity index (χ0n) is 22.1. The largest absolute Gasteiger partial charge is 0.456 e. The summed E-state index contributed by atoms with van der Waals surface area (Å²) in [6.07, 6.45) is 6.23. The van der Waals surface area contributed by atoms with Crippen molar-refractivity contribution >= 4 is 57.5 Å². The van der Waals surface area contributed by atoms with Gasteiger partial charge in [-0.1, -0.05) is 17.7 Å². The third-order valence-corrected chi connectivity index (χ3v) is 7.76. The molecule has 4 atom stereocenters. The van der Waals surface area contributed by atoms with E-state index in [0.717, 1.165) is 11.1 Å². The molecule has 3 aliphatic heterocycles.